The third-order valence-corrected chi connectivity index (χ3v) is 6.48. The van der Waals surface area contributed by atoms with Crippen LogP contribution >= 0.6 is 15.9 Å². The summed E-state index contributed by atoms with van der Waals surface area (Å²) in [4.78, 5) is 46.7. The lowest BCUT2D eigenvalue weighted by molar-refractivity contribution is -0.134. The van der Waals surface area contributed by atoms with E-state index in [0.717, 1.165) is 14.6 Å². The maximum absolute atomic E-state index is 13.1. The first-order valence-electron chi connectivity index (χ1n) is 10.6. The number of aryl methyl sites for hydroxylation is 1. The van der Waals surface area contributed by atoms with Crippen molar-refractivity contribution in [3.05, 3.63) is 55.1 Å². The maximum atomic E-state index is 13.1. The first-order valence-corrected chi connectivity index (χ1v) is 11.4. The van der Waals surface area contributed by atoms with Crippen molar-refractivity contribution >= 4 is 38.9 Å². The molecule has 0 bridgehead atoms. The van der Waals surface area contributed by atoms with Crippen molar-refractivity contribution in [3.63, 3.8) is 0 Å². The predicted octanol–water partition coefficient (Wildman–Crippen LogP) is 1.55. The lowest BCUT2D eigenvalue weighted by Gasteiger charge is -2.36. The van der Waals surface area contributed by atoms with Gasteiger partial charge < -0.3 is 9.80 Å². The highest BCUT2D eigenvalue weighted by molar-refractivity contribution is 9.10. The summed E-state index contributed by atoms with van der Waals surface area (Å²) in [6.45, 7) is 6.65. The van der Waals surface area contributed by atoms with Crippen LogP contribution in [0.1, 0.15) is 19.4 Å². The largest absolute Gasteiger partial charge is 0.339 e. The summed E-state index contributed by atoms with van der Waals surface area (Å²) >= 11 is 3.46. The monoisotopic (exact) mass is 502 g/mol. The van der Waals surface area contributed by atoms with Crippen molar-refractivity contribution in [3.8, 4) is 0 Å². The molecule has 0 aliphatic carbocycles. The number of anilines is 1. The molecule has 0 unspecified atom stereocenters. The Kier molecular flexibility index (Phi) is 5.98. The highest BCUT2D eigenvalue weighted by atomic mass is 79.9. The molecule has 10 heteroatoms. The molecule has 3 aromatic rings. The molecule has 0 atom stereocenters. The Labute approximate surface area is 194 Å². The standard InChI is InChI=1S/C22H27BrN6O3/c1-14(2)19(30)27-9-11-28(12-10-27)21-24-18-17(20(31)26(4)22(32)25(18)3)29(21)13-15-5-7-16(23)8-6-15/h5-8,14H,9-13H2,1-4H3. The molecular formula is C22H27BrN6O3. The van der Waals surface area contributed by atoms with Crippen LogP contribution in [0.4, 0.5) is 5.95 Å². The summed E-state index contributed by atoms with van der Waals surface area (Å²) < 4.78 is 5.39. The van der Waals surface area contributed by atoms with Gasteiger partial charge in [-0.3, -0.25) is 23.3 Å². The van der Waals surface area contributed by atoms with Gasteiger partial charge in [-0.1, -0.05) is 41.9 Å². The van der Waals surface area contributed by atoms with Crippen LogP contribution in [0.25, 0.3) is 11.2 Å². The summed E-state index contributed by atoms with van der Waals surface area (Å²) in [7, 11) is 3.11. The third-order valence-electron chi connectivity index (χ3n) is 5.95. The number of halogens is 1. The van der Waals surface area contributed by atoms with E-state index in [0.29, 0.717) is 49.8 Å². The molecule has 1 amide bonds. The first kappa shape index (κ1) is 22.3. The maximum Gasteiger partial charge on any atom is 0.332 e. The molecule has 0 radical (unpaired) electrons. The highest BCUT2D eigenvalue weighted by Gasteiger charge is 2.28. The molecule has 2 aromatic heterocycles. The minimum Gasteiger partial charge on any atom is -0.339 e. The fourth-order valence-corrected chi connectivity index (χ4v) is 4.35. The van der Waals surface area contributed by atoms with E-state index >= 15 is 0 Å². The fourth-order valence-electron chi connectivity index (χ4n) is 4.09. The van der Waals surface area contributed by atoms with Gasteiger partial charge in [0.2, 0.25) is 11.9 Å². The van der Waals surface area contributed by atoms with Gasteiger partial charge in [-0.05, 0) is 17.7 Å². The minimum absolute atomic E-state index is 0.0407. The van der Waals surface area contributed by atoms with Gasteiger partial charge in [-0.15, -0.1) is 0 Å². The number of benzene rings is 1. The Bertz CT molecular complexity index is 1280. The van der Waals surface area contributed by atoms with Gasteiger partial charge >= 0.3 is 5.69 Å². The number of hydrogen-bond acceptors (Lipinski definition) is 5. The Hall–Kier alpha value is -2.88. The number of piperazine rings is 1. The molecule has 32 heavy (non-hydrogen) atoms. The number of amides is 1. The van der Waals surface area contributed by atoms with E-state index in [1.54, 1.807) is 7.05 Å². The second-order valence-electron chi connectivity index (χ2n) is 8.47. The molecular weight excluding hydrogens is 476 g/mol. The minimum atomic E-state index is -0.408. The third kappa shape index (κ3) is 3.87. The number of carbonyl (C=O) groups is 1. The normalized spacial score (nSPS) is 14.6. The van der Waals surface area contributed by atoms with Crippen molar-refractivity contribution in [1.29, 1.82) is 0 Å². The van der Waals surface area contributed by atoms with Crippen LogP contribution in [0.3, 0.4) is 0 Å². The Balaban J connectivity index is 1.80. The summed E-state index contributed by atoms with van der Waals surface area (Å²) in [6.07, 6.45) is 0. The van der Waals surface area contributed by atoms with E-state index in [1.165, 1.54) is 11.6 Å². The van der Waals surface area contributed by atoms with Crippen molar-refractivity contribution in [2.75, 3.05) is 31.1 Å². The predicted molar refractivity (Wildman–Crippen MR) is 127 cm³/mol. The zero-order valence-corrected chi connectivity index (χ0v) is 20.3. The number of nitrogens with zero attached hydrogens (tertiary/aromatic N) is 6. The average Bonchev–Trinajstić information content (AvgIpc) is 3.16. The van der Waals surface area contributed by atoms with Crippen LogP contribution in [-0.2, 0) is 25.4 Å². The average molecular weight is 503 g/mol. The van der Waals surface area contributed by atoms with Gasteiger partial charge in [-0.25, -0.2) is 4.79 Å². The van der Waals surface area contributed by atoms with Crippen molar-refractivity contribution in [2.45, 2.75) is 20.4 Å². The Morgan fingerprint density at radius 1 is 1.03 bits per heavy atom. The first-order chi connectivity index (χ1) is 15.2. The molecule has 170 valence electrons. The molecule has 3 heterocycles. The van der Waals surface area contributed by atoms with E-state index in [-0.39, 0.29) is 17.4 Å². The summed E-state index contributed by atoms with van der Waals surface area (Å²) in [5, 5.41) is 0. The van der Waals surface area contributed by atoms with Crippen LogP contribution in [0.15, 0.2) is 38.3 Å². The summed E-state index contributed by atoms with van der Waals surface area (Å²) in [6, 6.07) is 7.90. The smallest absolute Gasteiger partial charge is 0.332 e. The molecule has 1 saturated heterocycles. The van der Waals surface area contributed by atoms with Crippen LogP contribution in [0, 0.1) is 5.92 Å². The van der Waals surface area contributed by atoms with Crippen molar-refractivity contribution in [1.82, 2.24) is 23.6 Å². The lowest BCUT2D eigenvalue weighted by atomic mass is 10.1. The van der Waals surface area contributed by atoms with Gasteiger partial charge in [0.15, 0.2) is 11.2 Å². The van der Waals surface area contributed by atoms with Gasteiger partial charge in [-0.2, -0.15) is 4.98 Å². The van der Waals surface area contributed by atoms with Crippen molar-refractivity contribution in [2.24, 2.45) is 20.0 Å². The fraction of sp³-hybridized carbons (Fsp3) is 0.455. The van der Waals surface area contributed by atoms with Crippen LogP contribution in [0.2, 0.25) is 0 Å². The molecule has 9 nitrogen and oxygen atoms in total. The number of fused-ring (bicyclic) bond motifs is 1. The van der Waals surface area contributed by atoms with E-state index in [4.69, 9.17) is 4.98 Å². The van der Waals surface area contributed by atoms with E-state index < -0.39 is 5.69 Å². The second kappa shape index (κ2) is 8.57. The van der Waals surface area contributed by atoms with Gasteiger partial charge in [0, 0.05) is 50.7 Å². The Morgan fingerprint density at radius 2 is 1.66 bits per heavy atom. The number of hydrogen-bond donors (Lipinski definition) is 0. The topological polar surface area (TPSA) is 85.4 Å². The second-order valence-corrected chi connectivity index (χ2v) is 9.39. The van der Waals surface area contributed by atoms with Gasteiger partial charge in [0.05, 0.1) is 6.54 Å². The number of imidazole rings is 1. The van der Waals surface area contributed by atoms with E-state index in [2.05, 4.69) is 20.8 Å². The summed E-state index contributed by atoms with van der Waals surface area (Å²) in [5.41, 5.74) is 1.000. The van der Waals surface area contributed by atoms with Crippen LogP contribution in [-0.4, -0.2) is 55.7 Å². The van der Waals surface area contributed by atoms with Gasteiger partial charge in [0.1, 0.15) is 0 Å². The van der Waals surface area contributed by atoms with Crippen LogP contribution in [0.5, 0.6) is 0 Å². The number of carbonyl (C=O) groups excluding carboxylic acids is 1. The highest BCUT2D eigenvalue weighted by Crippen LogP contribution is 2.23. The quantitative estimate of drug-likeness (QED) is 0.540. The zero-order valence-electron chi connectivity index (χ0n) is 18.7. The molecule has 4 rings (SSSR count). The molecule has 1 aromatic carbocycles. The molecule has 1 aliphatic rings. The zero-order chi connectivity index (χ0) is 23.2. The Morgan fingerprint density at radius 3 is 2.25 bits per heavy atom. The number of rotatable bonds is 4. The summed E-state index contributed by atoms with van der Waals surface area (Å²) in [5.74, 6) is 0.739. The van der Waals surface area contributed by atoms with Gasteiger partial charge in [0.25, 0.3) is 5.56 Å². The lowest BCUT2D eigenvalue weighted by Crippen LogP contribution is -2.50. The van der Waals surface area contributed by atoms with Crippen LogP contribution < -0.4 is 16.1 Å². The van der Waals surface area contributed by atoms with Crippen molar-refractivity contribution < 1.29 is 4.79 Å². The molecule has 0 spiro atoms. The molecule has 1 aliphatic heterocycles. The molecule has 0 N–H and O–H groups in total. The molecule has 1 fully saturated rings. The number of aromatic nitrogens is 4. The SMILES string of the molecule is CC(C)C(=O)N1CCN(c2nc3c(c(=O)n(C)c(=O)n3C)n2Cc2ccc(Br)cc2)CC1. The molecule has 0 saturated carbocycles. The van der Waals surface area contributed by atoms with E-state index in [9.17, 15) is 14.4 Å². The van der Waals surface area contributed by atoms with E-state index in [1.807, 2.05) is 47.6 Å².